The number of likely N-dealkylation sites (tertiary alicyclic amines) is 1. The van der Waals surface area contributed by atoms with Crippen molar-refractivity contribution in [3.05, 3.63) is 35.4 Å². The van der Waals surface area contributed by atoms with Crippen LogP contribution in [-0.2, 0) is 12.7 Å². The van der Waals surface area contributed by atoms with Crippen molar-refractivity contribution < 1.29 is 13.2 Å². The number of hydrogen-bond acceptors (Lipinski definition) is 2. The smallest absolute Gasteiger partial charge is 0.319 e. The second-order valence-electron chi connectivity index (χ2n) is 5.10. The fraction of sp³-hybridized carbons (Fsp3) is 0.571. The summed E-state index contributed by atoms with van der Waals surface area (Å²) in [5, 5.41) is 3.12. The minimum absolute atomic E-state index is 0. The van der Waals surface area contributed by atoms with Gasteiger partial charge in [0.25, 0.3) is 0 Å². The molecule has 0 bridgehead atoms. The molecule has 1 aromatic carbocycles. The molecule has 1 aromatic rings. The maximum atomic E-state index is 12.9. The highest BCUT2D eigenvalue weighted by molar-refractivity contribution is 5.85. The monoisotopic (exact) mass is 308 g/mol. The lowest BCUT2D eigenvalue weighted by molar-refractivity contribution is -0.138. The number of halogens is 4. The zero-order valence-electron chi connectivity index (χ0n) is 11.4. The number of benzene rings is 1. The zero-order valence-corrected chi connectivity index (χ0v) is 12.2. The number of alkyl halides is 3. The largest absolute Gasteiger partial charge is 0.416 e. The molecule has 1 aliphatic heterocycles. The molecule has 0 aromatic heterocycles. The summed E-state index contributed by atoms with van der Waals surface area (Å²) >= 11 is 0. The Kier molecular flexibility index (Phi) is 6.30. The van der Waals surface area contributed by atoms with Crippen LogP contribution in [0.25, 0.3) is 0 Å². The Labute approximate surface area is 123 Å². The Bertz CT molecular complexity index is 423. The second kappa shape index (κ2) is 7.29. The van der Waals surface area contributed by atoms with Crippen LogP contribution < -0.4 is 5.32 Å². The van der Waals surface area contributed by atoms with E-state index in [0.29, 0.717) is 18.0 Å². The van der Waals surface area contributed by atoms with E-state index in [1.54, 1.807) is 12.1 Å². The molecule has 2 nitrogen and oxygen atoms in total. The third-order valence-electron chi connectivity index (χ3n) is 3.58. The highest BCUT2D eigenvalue weighted by Crippen LogP contribution is 2.33. The van der Waals surface area contributed by atoms with Gasteiger partial charge in [0.15, 0.2) is 0 Å². The first-order valence-electron chi connectivity index (χ1n) is 6.52. The summed E-state index contributed by atoms with van der Waals surface area (Å²) in [6, 6.07) is 5.86. The summed E-state index contributed by atoms with van der Waals surface area (Å²) in [4.78, 5) is 2.10. The number of rotatable bonds is 4. The fourth-order valence-corrected chi connectivity index (χ4v) is 2.69. The van der Waals surface area contributed by atoms with Gasteiger partial charge in [-0.25, -0.2) is 0 Å². The van der Waals surface area contributed by atoms with E-state index in [0.717, 1.165) is 32.1 Å². The van der Waals surface area contributed by atoms with E-state index in [1.165, 1.54) is 6.07 Å². The summed E-state index contributed by atoms with van der Waals surface area (Å²) in [6.07, 6.45) is -3.21. The molecule has 1 heterocycles. The van der Waals surface area contributed by atoms with Gasteiger partial charge in [-0.3, -0.25) is 4.90 Å². The second-order valence-corrected chi connectivity index (χ2v) is 5.10. The Hall–Kier alpha value is -0.780. The molecule has 20 heavy (non-hydrogen) atoms. The van der Waals surface area contributed by atoms with Crippen molar-refractivity contribution in [2.24, 2.45) is 5.92 Å². The summed E-state index contributed by atoms with van der Waals surface area (Å²) < 4.78 is 38.7. The molecule has 1 saturated heterocycles. The molecule has 0 spiro atoms. The van der Waals surface area contributed by atoms with Crippen LogP contribution in [0, 0.1) is 5.92 Å². The van der Waals surface area contributed by atoms with Crippen molar-refractivity contribution in [1.29, 1.82) is 0 Å². The maximum absolute atomic E-state index is 12.9. The average Bonchev–Trinajstić information content (AvgIpc) is 2.76. The van der Waals surface area contributed by atoms with Crippen LogP contribution in [0.5, 0.6) is 0 Å². The maximum Gasteiger partial charge on any atom is 0.416 e. The van der Waals surface area contributed by atoms with E-state index in [-0.39, 0.29) is 12.4 Å². The number of nitrogens with zero attached hydrogens (tertiary/aromatic N) is 1. The van der Waals surface area contributed by atoms with Crippen LogP contribution in [0.15, 0.2) is 24.3 Å². The Balaban J connectivity index is 0.00000200. The third-order valence-corrected chi connectivity index (χ3v) is 3.58. The van der Waals surface area contributed by atoms with Gasteiger partial charge in [-0.1, -0.05) is 18.2 Å². The zero-order chi connectivity index (χ0) is 13.9. The quantitative estimate of drug-likeness (QED) is 0.919. The lowest BCUT2D eigenvalue weighted by atomic mass is 10.1. The predicted octanol–water partition coefficient (Wildman–Crippen LogP) is 3.17. The van der Waals surface area contributed by atoms with Gasteiger partial charge in [-0.15, -0.1) is 12.4 Å². The van der Waals surface area contributed by atoms with E-state index in [9.17, 15) is 13.2 Å². The van der Waals surface area contributed by atoms with Gasteiger partial charge in [-0.05, 0) is 44.1 Å². The van der Waals surface area contributed by atoms with E-state index >= 15 is 0 Å². The first kappa shape index (κ1) is 17.3. The summed E-state index contributed by atoms with van der Waals surface area (Å²) in [5.74, 6) is 0.544. The Morgan fingerprint density at radius 3 is 2.65 bits per heavy atom. The van der Waals surface area contributed by atoms with Gasteiger partial charge in [-0.2, -0.15) is 13.2 Å². The van der Waals surface area contributed by atoms with Crippen LogP contribution >= 0.6 is 12.4 Å². The minimum atomic E-state index is -4.26. The van der Waals surface area contributed by atoms with Crippen molar-refractivity contribution in [2.75, 3.05) is 26.7 Å². The third kappa shape index (κ3) is 4.36. The summed E-state index contributed by atoms with van der Waals surface area (Å²) in [6.45, 7) is 3.05. The van der Waals surface area contributed by atoms with Gasteiger partial charge in [0.2, 0.25) is 0 Å². The molecule has 1 unspecified atom stereocenters. The molecule has 0 amide bonds. The molecule has 0 saturated carbocycles. The fourth-order valence-electron chi connectivity index (χ4n) is 2.69. The van der Waals surface area contributed by atoms with Crippen LogP contribution in [0.2, 0.25) is 0 Å². The van der Waals surface area contributed by atoms with Crippen molar-refractivity contribution in [1.82, 2.24) is 10.2 Å². The van der Waals surface area contributed by atoms with Gasteiger partial charge in [0.05, 0.1) is 5.56 Å². The molecule has 1 atom stereocenters. The van der Waals surface area contributed by atoms with Crippen molar-refractivity contribution in [2.45, 2.75) is 19.1 Å². The van der Waals surface area contributed by atoms with E-state index in [1.807, 2.05) is 7.05 Å². The highest BCUT2D eigenvalue weighted by Gasteiger charge is 2.33. The standard InChI is InChI=1S/C14H19F3N2.ClH/c1-18-8-11-6-7-19(9-11)10-12-4-2-3-5-13(12)14(15,16)17;/h2-5,11,18H,6-10H2,1H3;1H. The first-order valence-corrected chi connectivity index (χ1v) is 6.52. The molecular weight excluding hydrogens is 289 g/mol. The molecule has 1 fully saturated rings. The van der Waals surface area contributed by atoms with Gasteiger partial charge >= 0.3 is 6.18 Å². The average molecular weight is 309 g/mol. The summed E-state index contributed by atoms with van der Waals surface area (Å²) in [7, 11) is 1.90. The minimum Gasteiger partial charge on any atom is -0.319 e. The highest BCUT2D eigenvalue weighted by atomic mass is 35.5. The molecule has 0 aliphatic carbocycles. The molecule has 1 N–H and O–H groups in total. The van der Waals surface area contributed by atoms with E-state index in [2.05, 4.69) is 10.2 Å². The predicted molar refractivity (Wildman–Crippen MR) is 76.0 cm³/mol. The molecule has 2 rings (SSSR count). The number of nitrogens with one attached hydrogen (secondary N) is 1. The van der Waals surface area contributed by atoms with E-state index < -0.39 is 11.7 Å². The SMILES string of the molecule is CNCC1CCN(Cc2ccccc2C(F)(F)F)C1.Cl. The van der Waals surface area contributed by atoms with E-state index in [4.69, 9.17) is 0 Å². The lowest BCUT2D eigenvalue weighted by Gasteiger charge is -2.19. The van der Waals surface area contributed by atoms with Crippen LogP contribution in [0.1, 0.15) is 17.5 Å². The van der Waals surface area contributed by atoms with Gasteiger partial charge < -0.3 is 5.32 Å². The summed E-state index contributed by atoms with van der Waals surface area (Å²) in [5.41, 5.74) is -0.132. The molecule has 0 radical (unpaired) electrons. The molecule has 1 aliphatic rings. The Morgan fingerprint density at radius 1 is 1.30 bits per heavy atom. The first-order chi connectivity index (χ1) is 9.00. The van der Waals surface area contributed by atoms with Crippen LogP contribution in [-0.4, -0.2) is 31.6 Å². The molecule has 114 valence electrons. The molecule has 6 heteroatoms. The van der Waals surface area contributed by atoms with Gasteiger partial charge in [0, 0.05) is 13.1 Å². The van der Waals surface area contributed by atoms with Crippen molar-refractivity contribution in [3.63, 3.8) is 0 Å². The van der Waals surface area contributed by atoms with Crippen molar-refractivity contribution in [3.8, 4) is 0 Å². The lowest BCUT2D eigenvalue weighted by Crippen LogP contribution is -2.25. The Morgan fingerprint density at radius 2 is 2.00 bits per heavy atom. The number of hydrogen-bond donors (Lipinski definition) is 1. The van der Waals surface area contributed by atoms with Gasteiger partial charge in [0.1, 0.15) is 0 Å². The van der Waals surface area contributed by atoms with Crippen molar-refractivity contribution >= 4 is 12.4 Å². The topological polar surface area (TPSA) is 15.3 Å². The van der Waals surface area contributed by atoms with Crippen LogP contribution in [0.3, 0.4) is 0 Å². The van der Waals surface area contributed by atoms with Crippen LogP contribution in [0.4, 0.5) is 13.2 Å². The normalized spacial score (nSPS) is 19.9. The molecular formula is C14H20ClF3N2.